The third-order valence-corrected chi connectivity index (χ3v) is 4.19. The topological polar surface area (TPSA) is 61.9 Å². The minimum Gasteiger partial charge on any atom is -0.379 e. The number of hydrogen-bond donors (Lipinski definition) is 1. The molecule has 1 fully saturated rings. The molecule has 1 aliphatic heterocycles. The van der Waals surface area contributed by atoms with E-state index in [2.05, 4.69) is 10.2 Å². The summed E-state index contributed by atoms with van der Waals surface area (Å²) in [5.41, 5.74) is -1.02. The molecule has 6 heteroatoms. The highest BCUT2D eigenvalue weighted by atomic mass is 16.5. The summed E-state index contributed by atoms with van der Waals surface area (Å²) in [7, 11) is 0. The van der Waals surface area contributed by atoms with E-state index in [1.165, 1.54) is 0 Å². The lowest BCUT2D eigenvalue weighted by Gasteiger charge is -2.31. The van der Waals surface area contributed by atoms with Crippen LogP contribution in [-0.2, 0) is 14.3 Å². The number of carbonyl (C=O) groups is 2. The molecular formula is C17H33N3O3. The van der Waals surface area contributed by atoms with E-state index < -0.39 is 5.41 Å². The van der Waals surface area contributed by atoms with Crippen LogP contribution in [0.25, 0.3) is 0 Å². The van der Waals surface area contributed by atoms with Crippen LogP contribution in [0.4, 0.5) is 0 Å². The standard InChI is InChI=1S/C17H33N3O3/c1-5-8-20(9-6-2)16(22)17(3,4)15(21)18-7-10-19-11-13-23-14-12-19/h5-14H2,1-4H3,(H,18,21). The molecule has 23 heavy (non-hydrogen) atoms. The SMILES string of the molecule is CCCN(CCC)C(=O)C(C)(C)C(=O)NCCN1CCOCC1. The third-order valence-electron chi connectivity index (χ3n) is 4.19. The van der Waals surface area contributed by atoms with E-state index in [-0.39, 0.29) is 11.8 Å². The van der Waals surface area contributed by atoms with Crippen molar-refractivity contribution in [2.45, 2.75) is 40.5 Å². The first-order valence-corrected chi connectivity index (χ1v) is 8.81. The fourth-order valence-electron chi connectivity index (χ4n) is 2.72. The fourth-order valence-corrected chi connectivity index (χ4v) is 2.72. The van der Waals surface area contributed by atoms with Gasteiger partial charge in [0.2, 0.25) is 11.8 Å². The summed E-state index contributed by atoms with van der Waals surface area (Å²) in [6.45, 7) is 13.6. The average molecular weight is 327 g/mol. The highest BCUT2D eigenvalue weighted by Gasteiger charge is 2.38. The van der Waals surface area contributed by atoms with Crippen LogP contribution in [0.1, 0.15) is 40.5 Å². The molecule has 0 aromatic carbocycles. The molecule has 134 valence electrons. The number of amides is 2. The molecule has 2 amide bonds. The van der Waals surface area contributed by atoms with Gasteiger partial charge in [0.05, 0.1) is 13.2 Å². The predicted octanol–water partition coefficient (Wildman–Crippen LogP) is 1.11. The van der Waals surface area contributed by atoms with E-state index in [1.54, 1.807) is 13.8 Å². The summed E-state index contributed by atoms with van der Waals surface area (Å²) in [6, 6.07) is 0. The first-order valence-electron chi connectivity index (χ1n) is 8.81. The van der Waals surface area contributed by atoms with Gasteiger partial charge in [0.15, 0.2) is 0 Å². The summed E-state index contributed by atoms with van der Waals surface area (Å²) in [5.74, 6) is -0.266. The zero-order valence-electron chi connectivity index (χ0n) is 15.2. The van der Waals surface area contributed by atoms with Gasteiger partial charge in [-0.15, -0.1) is 0 Å². The number of ether oxygens (including phenoxy) is 1. The van der Waals surface area contributed by atoms with Crippen molar-refractivity contribution in [3.05, 3.63) is 0 Å². The summed E-state index contributed by atoms with van der Waals surface area (Å²) < 4.78 is 5.31. The van der Waals surface area contributed by atoms with Gasteiger partial charge in [0.1, 0.15) is 5.41 Å². The molecule has 0 spiro atoms. The van der Waals surface area contributed by atoms with Gasteiger partial charge in [-0.1, -0.05) is 13.8 Å². The zero-order valence-corrected chi connectivity index (χ0v) is 15.2. The third kappa shape index (κ3) is 6.11. The Bertz CT molecular complexity index is 373. The van der Waals surface area contributed by atoms with E-state index in [4.69, 9.17) is 4.74 Å². The Hall–Kier alpha value is -1.14. The largest absolute Gasteiger partial charge is 0.379 e. The Morgan fingerprint density at radius 1 is 1.13 bits per heavy atom. The molecular weight excluding hydrogens is 294 g/mol. The van der Waals surface area contributed by atoms with Crippen LogP contribution in [0, 0.1) is 5.41 Å². The summed E-state index contributed by atoms with van der Waals surface area (Å²) in [6.07, 6.45) is 1.81. The van der Waals surface area contributed by atoms with Crippen LogP contribution in [0.15, 0.2) is 0 Å². The highest BCUT2D eigenvalue weighted by Crippen LogP contribution is 2.20. The Morgan fingerprint density at radius 2 is 1.70 bits per heavy atom. The second kappa shape index (κ2) is 9.88. The molecule has 0 aliphatic carbocycles. The van der Waals surface area contributed by atoms with Gasteiger partial charge in [-0.05, 0) is 26.7 Å². The normalized spacial score (nSPS) is 16.2. The number of hydrogen-bond acceptors (Lipinski definition) is 4. The van der Waals surface area contributed by atoms with E-state index in [9.17, 15) is 9.59 Å². The lowest BCUT2D eigenvalue weighted by atomic mass is 9.90. The van der Waals surface area contributed by atoms with Crippen LogP contribution in [0.2, 0.25) is 0 Å². The van der Waals surface area contributed by atoms with Crippen LogP contribution in [-0.4, -0.2) is 74.1 Å². The monoisotopic (exact) mass is 327 g/mol. The second-order valence-corrected chi connectivity index (χ2v) is 6.63. The van der Waals surface area contributed by atoms with E-state index in [1.807, 2.05) is 18.7 Å². The zero-order chi connectivity index (χ0) is 17.3. The van der Waals surface area contributed by atoms with Gasteiger partial charge < -0.3 is 15.0 Å². The van der Waals surface area contributed by atoms with Gasteiger partial charge in [-0.2, -0.15) is 0 Å². The molecule has 0 aromatic rings. The quantitative estimate of drug-likeness (QED) is 0.645. The minimum absolute atomic E-state index is 0.0786. The van der Waals surface area contributed by atoms with Crippen LogP contribution in [0.3, 0.4) is 0 Å². The lowest BCUT2D eigenvalue weighted by molar-refractivity contribution is -0.148. The maximum atomic E-state index is 12.7. The number of morpholine rings is 1. The molecule has 1 aliphatic rings. The maximum absolute atomic E-state index is 12.7. The van der Waals surface area contributed by atoms with Gasteiger partial charge >= 0.3 is 0 Å². The Kier molecular flexibility index (Phi) is 8.55. The predicted molar refractivity (Wildman–Crippen MR) is 91.2 cm³/mol. The summed E-state index contributed by atoms with van der Waals surface area (Å²) >= 11 is 0. The Balaban J connectivity index is 2.48. The molecule has 0 unspecified atom stereocenters. The average Bonchev–Trinajstić information content (AvgIpc) is 2.54. The lowest BCUT2D eigenvalue weighted by Crippen LogP contribution is -2.51. The van der Waals surface area contributed by atoms with Gasteiger partial charge in [-0.25, -0.2) is 0 Å². The minimum atomic E-state index is -1.02. The first-order chi connectivity index (χ1) is 10.9. The van der Waals surface area contributed by atoms with Crippen molar-refractivity contribution in [3.63, 3.8) is 0 Å². The van der Waals surface area contributed by atoms with Crippen molar-refractivity contribution in [2.24, 2.45) is 5.41 Å². The first kappa shape index (κ1) is 19.9. The van der Waals surface area contributed by atoms with Crippen molar-refractivity contribution in [1.82, 2.24) is 15.1 Å². The maximum Gasteiger partial charge on any atom is 0.237 e. The summed E-state index contributed by atoms with van der Waals surface area (Å²) in [4.78, 5) is 29.2. The second-order valence-electron chi connectivity index (χ2n) is 6.63. The smallest absolute Gasteiger partial charge is 0.237 e. The summed E-state index contributed by atoms with van der Waals surface area (Å²) in [5, 5.41) is 2.92. The van der Waals surface area contributed by atoms with Crippen molar-refractivity contribution in [1.29, 1.82) is 0 Å². The van der Waals surface area contributed by atoms with Crippen molar-refractivity contribution in [3.8, 4) is 0 Å². The van der Waals surface area contributed by atoms with Gasteiger partial charge in [0.25, 0.3) is 0 Å². The molecule has 6 nitrogen and oxygen atoms in total. The van der Waals surface area contributed by atoms with Gasteiger partial charge in [0, 0.05) is 39.3 Å². The van der Waals surface area contributed by atoms with Crippen molar-refractivity contribution < 1.29 is 14.3 Å². The highest BCUT2D eigenvalue weighted by molar-refractivity contribution is 6.04. The fraction of sp³-hybridized carbons (Fsp3) is 0.882. The van der Waals surface area contributed by atoms with E-state index in [0.29, 0.717) is 19.6 Å². The Labute approximate surface area is 140 Å². The molecule has 1 rings (SSSR count). The van der Waals surface area contributed by atoms with Gasteiger partial charge in [-0.3, -0.25) is 14.5 Å². The van der Waals surface area contributed by atoms with Crippen LogP contribution < -0.4 is 5.32 Å². The van der Waals surface area contributed by atoms with E-state index in [0.717, 1.165) is 45.7 Å². The van der Waals surface area contributed by atoms with Crippen molar-refractivity contribution in [2.75, 3.05) is 52.5 Å². The Morgan fingerprint density at radius 3 is 2.22 bits per heavy atom. The van der Waals surface area contributed by atoms with Crippen LogP contribution >= 0.6 is 0 Å². The molecule has 1 saturated heterocycles. The molecule has 1 N–H and O–H groups in total. The van der Waals surface area contributed by atoms with Crippen LogP contribution in [0.5, 0.6) is 0 Å². The number of nitrogens with one attached hydrogen (secondary N) is 1. The molecule has 0 radical (unpaired) electrons. The number of carbonyl (C=O) groups excluding carboxylic acids is 2. The van der Waals surface area contributed by atoms with E-state index >= 15 is 0 Å². The molecule has 0 bridgehead atoms. The molecule has 1 heterocycles. The molecule has 0 aromatic heterocycles. The molecule has 0 atom stereocenters. The number of nitrogens with zero attached hydrogens (tertiary/aromatic N) is 2. The van der Waals surface area contributed by atoms with Crippen molar-refractivity contribution >= 4 is 11.8 Å². The molecule has 0 saturated carbocycles. The number of rotatable bonds is 9.